The Morgan fingerprint density at radius 1 is 1.03 bits per heavy atom. The van der Waals surface area contributed by atoms with Crippen LogP contribution in [0.1, 0.15) is 24.2 Å². The fourth-order valence-corrected chi connectivity index (χ4v) is 3.35. The maximum Gasteiger partial charge on any atom is 0.339 e. The van der Waals surface area contributed by atoms with Gasteiger partial charge in [-0.25, -0.2) is 9.18 Å². The minimum absolute atomic E-state index is 0.0556. The number of hydrogen-bond donors (Lipinski definition) is 1. The molecule has 154 valence electrons. The van der Waals surface area contributed by atoms with E-state index in [1.54, 1.807) is 29.2 Å². The van der Waals surface area contributed by atoms with Crippen LogP contribution >= 0.6 is 11.8 Å². The quantitative estimate of drug-likeness (QED) is 0.498. The lowest BCUT2D eigenvalue weighted by atomic mass is 10.2. The Morgan fingerprint density at radius 2 is 1.69 bits per heavy atom. The second kappa shape index (κ2) is 11.2. The first-order valence-electron chi connectivity index (χ1n) is 9.16. The van der Waals surface area contributed by atoms with Crippen LogP contribution in [0.25, 0.3) is 0 Å². The van der Waals surface area contributed by atoms with Gasteiger partial charge in [0, 0.05) is 23.7 Å². The first kappa shape index (κ1) is 22.4. The van der Waals surface area contributed by atoms with Gasteiger partial charge in [-0.05, 0) is 50.2 Å². The highest BCUT2D eigenvalue weighted by Gasteiger charge is 2.17. The molecule has 0 aliphatic heterocycles. The van der Waals surface area contributed by atoms with Crippen molar-refractivity contribution < 1.29 is 23.5 Å². The molecule has 2 aromatic carbocycles. The molecule has 0 atom stereocenters. The average molecular weight is 418 g/mol. The van der Waals surface area contributed by atoms with Gasteiger partial charge in [-0.15, -0.1) is 11.8 Å². The van der Waals surface area contributed by atoms with Crippen molar-refractivity contribution in [3.8, 4) is 0 Å². The Bertz CT molecular complexity index is 854. The minimum Gasteiger partial charge on any atom is -0.452 e. The molecule has 0 saturated carbocycles. The highest BCUT2D eigenvalue weighted by Crippen LogP contribution is 2.23. The van der Waals surface area contributed by atoms with Crippen LogP contribution in [0.2, 0.25) is 0 Å². The fourth-order valence-electron chi connectivity index (χ4n) is 2.51. The average Bonchev–Trinajstić information content (AvgIpc) is 2.73. The second-order valence-corrected chi connectivity index (χ2v) is 7.00. The maximum absolute atomic E-state index is 12.9. The van der Waals surface area contributed by atoms with Gasteiger partial charge in [0.05, 0.1) is 11.3 Å². The summed E-state index contributed by atoms with van der Waals surface area (Å²) < 4.78 is 18.1. The van der Waals surface area contributed by atoms with Crippen molar-refractivity contribution in [1.29, 1.82) is 0 Å². The molecule has 2 aromatic rings. The molecule has 0 radical (unpaired) electrons. The molecule has 0 aromatic heterocycles. The fraction of sp³-hybridized carbons (Fsp3) is 0.286. The van der Waals surface area contributed by atoms with Gasteiger partial charge < -0.3 is 15.0 Å². The van der Waals surface area contributed by atoms with Crippen LogP contribution in [0.15, 0.2) is 53.4 Å². The van der Waals surface area contributed by atoms with Gasteiger partial charge in [0.2, 0.25) is 5.91 Å². The molecule has 0 bridgehead atoms. The number of hydrogen-bond acceptors (Lipinski definition) is 5. The van der Waals surface area contributed by atoms with Gasteiger partial charge in [-0.2, -0.15) is 0 Å². The van der Waals surface area contributed by atoms with Gasteiger partial charge in [-0.3, -0.25) is 9.59 Å². The molecule has 29 heavy (non-hydrogen) atoms. The van der Waals surface area contributed by atoms with Crippen molar-refractivity contribution in [2.24, 2.45) is 0 Å². The number of likely N-dealkylation sites (N-methyl/N-ethyl adjacent to an activating group) is 1. The Kier molecular flexibility index (Phi) is 8.67. The van der Waals surface area contributed by atoms with E-state index in [9.17, 15) is 18.8 Å². The summed E-state index contributed by atoms with van der Waals surface area (Å²) in [5, 5.41) is 2.66. The van der Waals surface area contributed by atoms with Crippen molar-refractivity contribution in [3.63, 3.8) is 0 Å². The normalized spacial score (nSPS) is 10.3. The number of halogens is 1. The molecular weight excluding hydrogens is 395 g/mol. The van der Waals surface area contributed by atoms with E-state index in [1.165, 1.54) is 36.0 Å². The standard InChI is InChI=1S/C21H23FN2O4S/c1-3-24(4-2)20(26)13-28-21(27)17-7-5-6-8-18(17)29-14-19(25)23-16-11-9-15(22)10-12-16/h5-12H,3-4,13-14H2,1-2H3,(H,23,25). The molecule has 8 heteroatoms. The van der Waals surface area contributed by atoms with Crippen molar-refractivity contribution in [1.82, 2.24) is 4.90 Å². The largest absolute Gasteiger partial charge is 0.452 e. The lowest BCUT2D eigenvalue weighted by Gasteiger charge is -2.18. The number of esters is 1. The number of rotatable bonds is 9. The van der Waals surface area contributed by atoms with Gasteiger partial charge >= 0.3 is 5.97 Å². The van der Waals surface area contributed by atoms with E-state index in [0.29, 0.717) is 29.2 Å². The number of anilines is 1. The van der Waals surface area contributed by atoms with Crippen LogP contribution in [-0.2, 0) is 14.3 Å². The summed E-state index contributed by atoms with van der Waals surface area (Å²) in [6.07, 6.45) is 0. The van der Waals surface area contributed by atoms with Crippen LogP contribution < -0.4 is 5.32 Å². The highest BCUT2D eigenvalue weighted by atomic mass is 32.2. The van der Waals surface area contributed by atoms with Crippen LogP contribution in [0.3, 0.4) is 0 Å². The molecule has 2 rings (SSSR count). The number of carbonyl (C=O) groups excluding carboxylic acids is 3. The summed E-state index contributed by atoms with van der Waals surface area (Å²) in [5.74, 6) is -1.49. The van der Waals surface area contributed by atoms with Crippen LogP contribution in [0.4, 0.5) is 10.1 Å². The summed E-state index contributed by atoms with van der Waals surface area (Å²) >= 11 is 1.17. The molecule has 0 heterocycles. The molecular formula is C21H23FN2O4S. The van der Waals surface area contributed by atoms with Gasteiger partial charge in [0.1, 0.15) is 5.82 Å². The number of nitrogens with one attached hydrogen (secondary N) is 1. The van der Waals surface area contributed by atoms with E-state index in [4.69, 9.17) is 4.74 Å². The summed E-state index contributed by atoms with van der Waals surface area (Å²) in [5.41, 5.74) is 0.777. The zero-order chi connectivity index (χ0) is 21.2. The van der Waals surface area contributed by atoms with E-state index < -0.39 is 5.97 Å². The third kappa shape index (κ3) is 6.90. The zero-order valence-corrected chi connectivity index (χ0v) is 17.1. The Morgan fingerprint density at radius 3 is 2.34 bits per heavy atom. The van der Waals surface area contributed by atoms with Crippen molar-refractivity contribution in [2.75, 3.05) is 30.8 Å². The third-order valence-corrected chi connectivity index (χ3v) is 5.11. The van der Waals surface area contributed by atoms with Gasteiger partial charge in [-0.1, -0.05) is 12.1 Å². The molecule has 1 N–H and O–H groups in total. The van der Waals surface area contributed by atoms with Crippen molar-refractivity contribution >= 4 is 35.2 Å². The Balaban J connectivity index is 1.93. The van der Waals surface area contributed by atoms with Crippen molar-refractivity contribution in [2.45, 2.75) is 18.7 Å². The smallest absolute Gasteiger partial charge is 0.339 e. The maximum atomic E-state index is 12.9. The molecule has 0 spiro atoms. The number of benzene rings is 2. The first-order chi connectivity index (χ1) is 13.9. The number of ether oxygens (including phenoxy) is 1. The lowest BCUT2D eigenvalue weighted by molar-refractivity contribution is -0.134. The van der Waals surface area contributed by atoms with Gasteiger partial charge in [0.25, 0.3) is 5.91 Å². The number of amides is 2. The summed E-state index contributed by atoms with van der Waals surface area (Å²) in [6.45, 7) is 4.47. The molecule has 0 fully saturated rings. The minimum atomic E-state index is -0.618. The second-order valence-electron chi connectivity index (χ2n) is 5.98. The van der Waals surface area contributed by atoms with E-state index in [1.807, 2.05) is 13.8 Å². The highest BCUT2D eigenvalue weighted by molar-refractivity contribution is 8.00. The van der Waals surface area contributed by atoms with E-state index in [0.717, 1.165) is 0 Å². The third-order valence-electron chi connectivity index (χ3n) is 4.04. The molecule has 0 aliphatic carbocycles. The molecule has 6 nitrogen and oxygen atoms in total. The van der Waals surface area contributed by atoms with Gasteiger partial charge in [0.15, 0.2) is 6.61 Å². The molecule has 0 saturated heterocycles. The first-order valence-corrected chi connectivity index (χ1v) is 10.1. The van der Waals surface area contributed by atoms with E-state index in [-0.39, 0.29) is 30.0 Å². The number of thioether (sulfide) groups is 1. The lowest BCUT2D eigenvalue weighted by Crippen LogP contribution is -2.34. The summed E-state index contributed by atoms with van der Waals surface area (Å²) in [7, 11) is 0. The predicted molar refractivity (Wildman–Crippen MR) is 110 cm³/mol. The van der Waals surface area contributed by atoms with E-state index in [2.05, 4.69) is 5.32 Å². The molecule has 0 unspecified atom stereocenters. The van der Waals surface area contributed by atoms with Crippen LogP contribution in [-0.4, -0.2) is 48.1 Å². The predicted octanol–water partition coefficient (Wildman–Crippen LogP) is 3.58. The topological polar surface area (TPSA) is 75.7 Å². The van der Waals surface area contributed by atoms with Crippen LogP contribution in [0.5, 0.6) is 0 Å². The molecule has 0 aliphatic rings. The van der Waals surface area contributed by atoms with Crippen molar-refractivity contribution in [3.05, 3.63) is 59.9 Å². The van der Waals surface area contributed by atoms with Crippen LogP contribution in [0, 0.1) is 5.82 Å². The SMILES string of the molecule is CCN(CC)C(=O)COC(=O)c1ccccc1SCC(=O)Nc1ccc(F)cc1. The monoisotopic (exact) mass is 418 g/mol. The summed E-state index contributed by atoms with van der Waals surface area (Å²) in [4.78, 5) is 38.7. The van der Waals surface area contributed by atoms with E-state index >= 15 is 0 Å². The Labute approximate surface area is 173 Å². The summed E-state index contributed by atoms with van der Waals surface area (Å²) in [6, 6.07) is 12.2. The Hall–Kier alpha value is -2.87. The molecule has 2 amide bonds. The zero-order valence-electron chi connectivity index (χ0n) is 16.3. The number of nitrogens with zero attached hydrogens (tertiary/aromatic N) is 1. The number of carbonyl (C=O) groups is 3.